The van der Waals surface area contributed by atoms with E-state index < -0.39 is 0 Å². The Bertz CT molecular complexity index is 1150. The number of nitriles is 1. The molecule has 7 heteroatoms. The second-order valence-electron chi connectivity index (χ2n) is 8.01. The van der Waals surface area contributed by atoms with Crippen LogP contribution in [0.25, 0.3) is 10.8 Å². The molecule has 1 unspecified atom stereocenters. The summed E-state index contributed by atoms with van der Waals surface area (Å²) in [5, 5.41) is 15.3. The first kappa shape index (κ1) is 19.1. The van der Waals surface area contributed by atoms with Gasteiger partial charge in [-0.1, -0.05) is 30.3 Å². The van der Waals surface area contributed by atoms with Crippen molar-refractivity contribution in [1.82, 2.24) is 15.3 Å². The number of fused-ring (bicyclic) bond motifs is 2. The fourth-order valence-corrected chi connectivity index (χ4v) is 4.86. The summed E-state index contributed by atoms with van der Waals surface area (Å²) in [5.41, 5.74) is 4.62. The van der Waals surface area contributed by atoms with Crippen LogP contribution in [0.4, 0.5) is 11.5 Å². The molecular weight excluding hydrogens is 396 g/mol. The van der Waals surface area contributed by atoms with E-state index in [1.54, 1.807) is 0 Å². The molecule has 0 saturated carbocycles. The van der Waals surface area contributed by atoms with E-state index in [0.29, 0.717) is 13.0 Å². The summed E-state index contributed by atoms with van der Waals surface area (Å²) in [4.78, 5) is 13.8. The Morgan fingerprint density at radius 1 is 1.17 bits per heavy atom. The first-order chi connectivity index (χ1) is 14.6. The molecule has 0 bridgehead atoms. The molecule has 2 aliphatic rings. The molecule has 1 saturated heterocycles. The highest BCUT2D eigenvalue weighted by Crippen LogP contribution is 2.37. The van der Waals surface area contributed by atoms with Crippen LogP contribution < -0.4 is 15.1 Å². The van der Waals surface area contributed by atoms with Crippen LogP contribution in [0.2, 0.25) is 5.28 Å². The van der Waals surface area contributed by atoms with Crippen molar-refractivity contribution in [3.05, 3.63) is 58.5 Å². The number of hydrogen-bond acceptors (Lipinski definition) is 6. The number of halogens is 1. The number of piperazine rings is 1. The number of aryl methyl sites for hydroxylation is 1. The zero-order valence-electron chi connectivity index (χ0n) is 16.9. The molecule has 2 aromatic carbocycles. The SMILES string of the molecule is Cc1cccc2cccc(N3Cc4nc(Cl)nc(N5CCNC(CC#N)C5)c4C3)c12. The zero-order valence-corrected chi connectivity index (χ0v) is 17.7. The van der Waals surface area contributed by atoms with E-state index in [4.69, 9.17) is 16.9 Å². The number of nitrogens with zero attached hydrogens (tertiary/aromatic N) is 5. The Balaban J connectivity index is 1.51. The number of anilines is 2. The fourth-order valence-electron chi connectivity index (χ4n) is 4.67. The van der Waals surface area contributed by atoms with Gasteiger partial charge in [-0.2, -0.15) is 5.26 Å². The molecule has 0 spiro atoms. The predicted octanol–water partition coefficient (Wildman–Crippen LogP) is 3.80. The Kier molecular flexibility index (Phi) is 4.93. The number of nitrogens with one attached hydrogen (secondary N) is 1. The Hall–Kier alpha value is -2.88. The molecule has 30 heavy (non-hydrogen) atoms. The van der Waals surface area contributed by atoms with Crippen LogP contribution in [0.5, 0.6) is 0 Å². The van der Waals surface area contributed by atoms with Gasteiger partial charge in [-0.25, -0.2) is 9.97 Å². The van der Waals surface area contributed by atoms with Crippen molar-refractivity contribution in [3.8, 4) is 6.07 Å². The molecule has 3 aromatic rings. The quantitative estimate of drug-likeness (QED) is 0.652. The summed E-state index contributed by atoms with van der Waals surface area (Å²) >= 11 is 6.32. The largest absolute Gasteiger partial charge is 0.361 e. The molecule has 1 aromatic heterocycles. The molecular formula is C23H23ClN6. The topological polar surface area (TPSA) is 68.1 Å². The van der Waals surface area contributed by atoms with Crippen molar-refractivity contribution >= 4 is 33.9 Å². The molecule has 1 fully saturated rings. The molecule has 0 radical (unpaired) electrons. The average molecular weight is 419 g/mol. The van der Waals surface area contributed by atoms with Gasteiger partial charge in [0.05, 0.1) is 24.7 Å². The van der Waals surface area contributed by atoms with Crippen molar-refractivity contribution < 1.29 is 0 Å². The molecule has 2 aliphatic heterocycles. The maximum absolute atomic E-state index is 9.08. The molecule has 3 heterocycles. The standard InChI is InChI=1S/C23H23ClN6/c1-15-4-2-5-16-6-3-7-20(21(15)16)30-13-18-19(14-30)27-23(24)28-22(18)29-11-10-26-17(12-29)8-9-25/h2-7,17,26H,8,10-14H2,1H3. The smallest absolute Gasteiger partial charge is 0.224 e. The summed E-state index contributed by atoms with van der Waals surface area (Å²) in [7, 11) is 0. The van der Waals surface area contributed by atoms with Gasteiger partial charge < -0.3 is 15.1 Å². The zero-order chi connectivity index (χ0) is 20.7. The fraction of sp³-hybridized carbons (Fsp3) is 0.348. The molecule has 1 atom stereocenters. The lowest BCUT2D eigenvalue weighted by molar-refractivity contribution is 0.460. The third-order valence-corrected chi connectivity index (χ3v) is 6.23. The summed E-state index contributed by atoms with van der Waals surface area (Å²) in [6.07, 6.45) is 0.485. The normalized spacial score (nSPS) is 18.5. The molecule has 6 nitrogen and oxygen atoms in total. The predicted molar refractivity (Wildman–Crippen MR) is 120 cm³/mol. The highest BCUT2D eigenvalue weighted by atomic mass is 35.5. The Morgan fingerprint density at radius 3 is 2.83 bits per heavy atom. The van der Waals surface area contributed by atoms with Crippen molar-refractivity contribution in [1.29, 1.82) is 5.26 Å². The highest BCUT2D eigenvalue weighted by molar-refractivity contribution is 6.28. The lowest BCUT2D eigenvalue weighted by Gasteiger charge is -2.34. The second kappa shape index (κ2) is 7.75. The van der Waals surface area contributed by atoms with Gasteiger partial charge >= 0.3 is 0 Å². The Labute approximate surface area is 181 Å². The van der Waals surface area contributed by atoms with E-state index >= 15 is 0 Å². The summed E-state index contributed by atoms with van der Waals surface area (Å²) in [6.45, 7) is 6.05. The van der Waals surface area contributed by atoms with Crippen LogP contribution in [-0.4, -0.2) is 35.6 Å². The minimum absolute atomic E-state index is 0.145. The van der Waals surface area contributed by atoms with Crippen LogP contribution in [0.15, 0.2) is 36.4 Å². The number of aromatic nitrogens is 2. The lowest BCUT2D eigenvalue weighted by Crippen LogP contribution is -2.51. The van der Waals surface area contributed by atoms with Crippen molar-refractivity contribution in [2.45, 2.75) is 32.5 Å². The minimum Gasteiger partial charge on any atom is -0.361 e. The first-order valence-corrected chi connectivity index (χ1v) is 10.7. The van der Waals surface area contributed by atoms with E-state index in [9.17, 15) is 0 Å². The van der Waals surface area contributed by atoms with Gasteiger partial charge in [0.2, 0.25) is 5.28 Å². The maximum atomic E-state index is 9.08. The van der Waals surface area contributed by atoms with Gasteiger partial charge in [-0.3, -0.25) is 0 Å². The molecule has 0 aliphatic carbocycles. The average Bonchev–Trinajstić information content (AvgIpc) is 3.17. The van der Waals surface area contributed by atoms with E-state index in [1.807, 2.05) is 0 Å². The van der Waals surface area contributed by atoms with E-state index in [-0.39, 0.29) is 11.3 Å². The third-order valence-electron chi connectivity index (χ3n) is 6.06. The van der Waals surface area contributed by atoms with Gasteiger partial charge in [0.1, 0.15) is 5.82 Å². The lowest BCUT2D eigenvalue weighted by atomic mass is 10.0. The molecule has 5 rings (SSSR count). The Morgan fingerprint density at radius 2 is 2.00 bits per heavy atom. The van der Waals surface area contributed by atoms with E-state index in [1.165, 1.54) is 22.0 Å². The van der Waals surface area contributed by atoms with Crippen LogP contribution in [-0.2, 0) is 13.1 Å². The van der Waals surface area contributed by atoms with Gasteiger partial charge in [-0.05, 0) is 35.5 Å². The van der Waals surface area contributed by atoms with Crippen LogP contribution >= 0.6 is 11.6 Å². The highest BCUT2D eigenvalue weighted by Gasteiger charge is 2.30. The third kappa shape index (κ3) is 3.34. The molecule has 152 valence electrons. The van der Waals surface area contributed by atoms with Gasteiger partial charge in [-0.15, -0.1) is 0 Å². The van der Waals surface area contributed by atoms with Crippen molar-refractivity contribution in [3.63, 3.8) is 0 Å². The van der Waals surface area contributed by atoms with Gasteiger partial charge in [0.15, 0.2) is 0 Å². The monoisotopic (exact) mass is 418 g/mol. The van der Waals surface area contributed by atoms with Gasteiger partial charge in [0.25, 0.3) is 0 Å². The van der Waals surface area contributed by atoms with Crippen LogP contribution in [0, 0.1) is 18.3 Å². The van der Waals surface area contributed by atoms with Crippen molar-refractivity contribution in [2.24, 2.45) is 0 Å². The summed E-state index contributed by atoms with van der Waals surface area (Å²) in [6, 6.07) is 15.3. The number of hydrogen-bond donors (Lipinski definition) is 1. The second-order valence-corrected chi connectivity index (χ2v) is 8.35. The summed E-state index contributed by atoms with van der Waals surface area (Å²) in [5.74, 6) is 0.911. The van der Waals surface area contributed by atoms with Crippen molar-refractivity contribution in [2.75, 3.05) is 29.4 Å². The van der Waals surface area contributed by atoms with Gasteiger partial charge in [0, 0.05) is 48.9 Å². The number of rotatable bonds is 3. The maximum Gasteiger partial charge on any atom is 0.224 e. The summed E-state index contributed by atoms with van der Waals surface area (Å²) < 4.78 is 0. The van der Waals surface area contributed by atoms with E-state index in [2.05, 4.69) is 74.5 Å². The molecule has 1 N–H and O–H groups in total. The molecule has 0 amide bonds. The van der Waals surface area contributed by atoms with E-state index in [0.717, 1.165) is 43.3 Å². The van der Waals surface area contributed by atoms with Crippen LogP contribution in [0.3, 0.4) is 0 Å². The minimum atomic E-state index is 0.145. The number of benzene rings is 2. The first-order valence-electron chi connectivity index (χ1n) is 10.3. The van der Waals surface area contributed by atoms with Crippen LogP contribution in [0.1, 0.15) is 23.2 Å².